The van der Waals surface area contributed by atoms with Crippen molar-refractivity contribution in [2.75, 3.05) is 150 Å². The number of amides is 9. The van der Waals surface area contributed by atoms with E-state index in [1.807, 2.05) is 0 Å². The first-order valence-electron chi connectivity index (χ1n) is 36.2. The van der Waals surface area contributed by atoms with Crippen molar-refractivity contribution in [2.24, 2.45) is 29.4 Å². The number of hydrogen-bond donors (Lipinski definition) is 15. The van der Waals surface area contributed by atoms with Gasteiger partial charge in [-0.3, -0.25) is 62.0 Å². The maximum absolute atomic E-state index is 15.4. The number of Topliss-reactive ketones (excluding diaryl/α,β-unsaturated/α-hetero) is 1. The first kappa shape index (κ1) is 81.4. The molecular formula is C66H103N13O24S2. The average molecular weight is 1530 g/mol. The Bertz CT molecular complexity index is 3430. The minimum atomic E-state index is -3.03. The molecule has 39 heteroatoms. The number of H-pyrrole nitrogens is 1. The molecule has 1 fully saturated rings. The monoisotopic (exact) mass is 1530 g/mol. The quantitative estimate of drug-likeness (QED) is 0.0279. The number of thioether (sulfide) groups is 1. The van der Waals surface area contributed by atoms with Gasteiger partial charge < -0.3 is 117 Å². The highest BCUT2D eigenvalue weighted by molar-refractivity contribution is 7.98. The number of carboxylic acids is 1. The molecule has 2 bridgehead atoms. The fraction of sp³-hybridized carbons (Fsp3) is 0.682. The minimum Gasteiger partial charge on any atom is -0.496 e. The largest absolute Gasteiger partial charge is 0.496 e. The van der Waals surface area contributed by atoms with Crippen LogP contribution in [0.1, 0.15) is 75.0 Å². The molecule has 9 amide bonds. The van der Waals surface area contributed by atoms with Gasteiger partial charge in [0.2, 0.25) is 53.2 Å². The van der Waals surface area contributed by atoms with E-state index < -0.39 is 201 Å². The molecule has 16 N–H and O–H groups in total. The van der Waals surface area contributed by atoms with Crippen LogP contribution in [0.3, 0.4) is 0 Å². The van der Waals surface area contributed by atoms with E-state index in [9.17, 15) is 68.1 Å². The van der Waals surface area contributed by atoms with E-state index in [0.717, 1.165) is 4.90 Å². The molecule has 2 unspecified atom stereocenters. The van der Waals surface area contributed by atoms with E-state index in [2.05, 4.69) is 53.2 Å². The standard InChI is InChI=1S/C66H103N13O24S2/c1-6-38(2)45-26-42(81)31-69-60(88)48-28-46-44-7-8-53(96-5)47(36-104-24-23-103-22-21-102-20-19-101-18-17-100-16-15-99-14-13-98-12-11-97-10-9-78-33-41(76-77-78)30-68-55(85)25-39(3)66(93)94)58(44)75-64(46)105(95)37-50(71-56(86)32-70-59(45)87)61(89)73-49(29-54(67)84)65(92)79-34-43(82)27-51(79)62(90)74-57(63(91)72-48)40(4)52(83)35-80/h7-8,33,38-40,43,45,48-52,57,75-77,80,82-83H,6,9-32,34-37H2,1-5H3,(H2,67,84)(H,68,85)(H,69,88)(H,70,87)(H,71,86)(H,72,91)(H,73,89)(H,74,90)(H,93,94)/t38-,39?,40-,43+,45-,48-,49-,50+,51-,52-,57-,105?/m0/s1/i5D3. The van der Waals surface area contributed by atoms with Gasteiger partial charge in [-0.2, -0.15) is 11.8 Å². The Labute approximate surface area is 618 Å². The Balaban J connectivity index is 1.08. The lowest BCUT2D eigenvalue weighted by molar-refractivity contribution is -0.144. The molecule has 1 saturated heterocycles. The number of nitrogens with zero attached hydrogens (tertiary/aromatic N) is 2. The summed E-state index contributed by atoms with van der Waals surface area (Å²) in [6, 6.07) is -6.48. The Morgan fingerprint density at radius 1 is 0.781 bits per heavy atom. The number of nitrogens with two attached hydrogens (primary N) is 1. The maximum Gasteiger partial charge on any atom is 0.306 e. The van der Waals surface area contributed by atoms with Crippen LogP contribution in [-0.2, 0) is 109 Å². The molecule has 0 spiro atoms. The number of carboxylic acid groups (broad SMARTS) is 1. The zero-order valence-electron chi connectivity index (χ0n) is 62.3. The van der Waals surface area contributed by atoms with Crippen LogP contribution in [0.5, 0.6) is 5.75 Å². The summed E-state index contributed by atoms with van der Waals surface area (Å²) in [6.07, 6.45) is -3.56. The molecule has 2 aromatic rings. The van der Waals surface area contributed by atoms with Crippen molar-refractivity contribution >= 4 is 98.4 Å². The van der Waals surface area contributed by atoms with Crippen LogP contribution in [0.4, 0.5) is 0 Å². The third kappa shape index (κ3) is 27.9. The number of primary amides is 1. The van der Waals surface area contributed by atoms with Crippen molar-refractivity contribution in [3.8, 4) is 5.75 Å². The Morgan fingerprint density at radius 3 is 2.02 bits per heavy atom. The number of rotatable bonds is 39. The summed E-state index contributed by atoms with van der Waals surface area (Å²) in [7, 11) is -5.60. The predicted molar refractivity (Wildman–Crippen MR) is 376 cm³/mol. The van der Waals surface area contributed by atoms with E-state index in [1.165, 1.54) is 37.7 Å². The Kier molecular flexibility index (Phi) is 35.0. The number of aliphatic carboxylic acids is 1. The highest BCUT2D eigenvalue weighted by Gasteiger charge is 2.45. The molecular weight excluding hydrogens is 1420 g/mol. The first-order chi connectivity index (χ1) is 51.5. The summed E-state index contributed by atoms with van der Waals surface area (Å²) in [5.74, 6) is -15.2. The lowest BCUT2D eigenvalue weighted by Crippen LogP contribution is -2.62. The van der Waals surface area contributed by atoms with Crippen LogP contribution >= 0.6 is 11.8 Å². The number of ether oxygens (including phenoxy) is 8. The maximum atomic E-state index is 15.4. The molecule has 0 aliphatic carbocycles. The number of hydrogen-bond acceptors (Lipinski definition) is 27. The molecule has 12 atom stereocenters. The van der Waals surface area contributed by atoms with Gasteiger partial charge in [0.1, 0.15) is 41.0 Å². The minimum absolute atomic E-state index is 0.0175. The summed E-state index contributed by atoms with van der Waals surface area (Å²) in [5.41, 5.74) is 12.4. The lowest BCUT2D eigenvalue weighted by atomic mass is 9.86. The third-order valence-corrected chi connectivity index (χ3v) is 20.0. The van der Waals surface area contributed by atoms with Gasteiger partial charge in [-0.25, -0.2) is 0 Å². The normalized spacial score (nSPS) is 23.5. The molecule has 5 heterocycles. The molecule has 37 nitrogen and oxygen atoms in total. The number of aromatic nitrogens is 1. The molecule has 4 aliphatic heterocycles. The summed E-state index contributed by atoms with van der Waals surface area (Å²) >= 11 is 1.26. The molecule has 6 rings (SSSR count). The second-order valence-electron chi connectivity index (χ2n) is 25.4. The number of methoxy groups -OCH3 is 1. The van der Waals surface area contributed by atoms with E-state index in [4.69, 9.17) is 52.8 Å². The van der Waals surface area contributed by atoms with E-state index >= 15 is 4.21 Å². The van der Waals surface area contributed by atoms with Crippen LogP contribution in [0.15, 0.2) is 29.1 Å². The van der Waals surface area contributed by atoms with Crippen molar-refractivity contribution < 1.29 is 119 Å². The number of carbonyl (C=O) groups is 11. The first-order valence-corrected chi connectivity index (χ1v) is 37.1. The summed E-state index contributed by atoms with van der Waals surface area (Å²) < 4.78 is 84.5. The Hall–Kier alpha value is -7.67. The second-order valence-corrected chi connectivity index (χ2v) is 28.0. The molecule has 1 aromatic heterocycles. The van der Waals surface area contributed by atoms with Crippen LogP contribution in [0.25, 0.3) is 10.9 Å². The molecule has 588 valence electrons. The van der Waals surface area contributed by atoms with Gasteiger partial charge in [-0.15, -0.1) is 5.53 Å². The number of nitrogens with one attached hydrogen (secondary N) is 10. The van der Waals surface area contributed by atoms with Crippen molar-refractivity contribution in [3.05, 3.63) is 35.2 Å². The van der Waals surface area contributed by atoms with Crippen molar-refractivity contribution in [3.63, 3.8) is 0 Å². The molecule has 105 heavy (non-hydrogen) atoms. The summed E-state index contributed by atoms with van der Waals surface area (Å²) in [6.45, 7) is 8.20. The number of hydrazine groups is 2. The van der Waals surface area contributed by atoms with Gasteiger partial charge in [-0.1, -0.05) is 34.1 Å². The van der Waals surface area contributed by atoms with Gasteiger partial charge in [0.25, 0.3) is 0 Å². The van der Waals surface area contributed by atoms with Crippen LogP contribution in [0.2, 0.25) is 0 Å². The highest BCUT2D eigenvalue weighted by Crippen LogP contribution is 2.36. The lowest BCUT2D eigenvalue weighted by Gasteiger charge is -2.32. The molecule has 4 aliphatic rings. The average Bonchev–Trinajstić information content (AvgIpc) is 1.61. The predicted octanol–water partition coefficient (Wildman–Crippen LogP) is -4.78. The van der Waals surface area contributed by atoms with Crippen molar-refractivity contribution in [1.82, 2.24) is 63.1 Å². The van der Waals surface area contributed by atoms with Gasteiger partial charge >= 0.3 is 5.97 Å². The Morgan fingerprint density at radius 2 is 1.41 bits per heavy atom. The number of aromatic amines is 1. The van der Waals surface area contributed by atoms with E-state index in [1.54, 1.807) is 25.1 Å². The fourth-order valence-electron chi connectivity index (χ4n) is 11.4. The second kappa shape index (κ2) is 45.1. The van der Waals surface area contributed by atoms with Crippen LogP contribution in [-0.4, -0.2) is 297 Å². The smallest absolute Gasteiger partial charge is 0.306 e. The number of fused-ring (bicyclic) bond motifs is 5. The number of benzene rings is 1. The number of aliphatic hydroxyl groups excluding tert-OH is 3. The highest BCUT2D eigenvalue weighted by atomic mass is 32.2. The van der Waals surface area contributed by atoms with Gasteiger partial charge in [0.05, 0.1) is 189 Å². The van der Waals surface area contributed by atoms with Gasteiger partial charge in [0.15, 0.2) is 5.78 Å². The number of carbonyl (C=O) groups excluding carboxylic acids is 10. The van der Waals surface area contributed by atoms with E-state index in [0.29, 0.717) is 83.9 Å². The van der Waals surface area contributed by atoms with Gasteiger partial charge in [0, 0.05) is 72.7 Å². The topological polar surface area (TPSA) is 516 Å². The molecule has 0 radical (unpaired) electrons. The van der Waals surface area contributed by atoms with Crippen molar-refractivity contribution in [2.45, 2.75) is 119 Å². The zero-order valence-corrected chi connectivity index (χ0v) is 61.0. The summed E-state index contributed by atoms with van der Waals surface area (Å²) in [4.78, 5) is 155. The summed E-state index contributed by atoms with van der Waals surface area (Å²) in [5, 5.41) is 60.2. The molecule has 0 saturated carbocycles. The molecule has 1 aromatic carbocycles. The fourth-order valence-corrected chi connectivity index (χ4v) is 13.7. The van der Waals surface area contributed by atoms with E-state index in [-0.39, 0.29) is 90.5 Å². The van der Waals surface area contributed by atoms with Gasteiger partial charge in [-0.05, 0) is 23.6 Å². The van der Waals surface area contributed by atoms with Crippen molar-refractivity contribution in [1.29, 1.82) is 0 Å². The number of aliphatic hydroxyl groups is 3. The SMILES string of the molecule is [2H]C([2H])([2H])Oc1ccc2c3c([nH]c2c1CSCCOCCOCCOCCOCCOCCOCCOCCN1C=C(CNC(=O)CC(C)C(=O)O)NN1)S(=O)C[C@H]1NC(=O)CNC(=O)[C@H]([C@@H](C)CC)CC(=O)CNC(=O)[C@H](C3)NC(=O)[C@H]([C@@H](C)[C@@H](O)CO)NC(=O)[C@@H]2C[C@@H](O)CN2C(=O)[C@H](CC(N)=O)NC1=O. The third-order valence-electron chi connectivity index (χ3n) is 17.6. The van der Waals surface area contributed by atoms with Crippen LogP contribution < -0.4 is 58.6 Å². The number of ketones is 1. The van der Waals surface area contributed by atoms with Crippen LogP contribution in [0, 0.1) is 23.7 Å². The zero-order chi connectivity index (χ0) is 79.0.